The molecule has 0 N–H and O–H groups in total. The van der Waals surface area contributed by atoms with Crippen molar-refractivity contribution in [1.82, 2.24) is 0 Å². The fourth-order valence-corrected chi connectivity index (χ4v) is 3.82. The Morgan fingerprint density at radius 3 is 2.56 bits per heavy atom. The van der Waals surface area contributed by atoms with Crippen molar-refractivity contribution in [2.75, 3.05) is 12.1 Å². The number of rotatable bonds is 4. The van der Waals surface area contributed by atoms with Gasteiger partial charge in [-0.05, 0) is 42.0 Å². The molecule has 3 aromatic carbocycles. The van der Waals surface area contributed by atoms with E-state index in [1.807, 2.05) is 59.6 Å². The van der Waals surface area contributed by atoms with Crippen LogP contribution in [0.5, 0.6) is 5.75 Å². The van der Waals surface area contributed by atoms with E-state index in [0.29, 0.717) is 5.02 Å². The standard InChI is InChI=1S/C22H18BrClN2O/c1-27-22-8-3-2-7-19(22)21-14-20(15-9-11-16(23)12-10-15)25-26(21)18-6-4-5-17(24)13-18/h2-13,21H,14H2,1H3/t21-/m1/s1. The molecule has 1 heterocycles. The Bertz CT molecular complexity index is 988. The molecule has 0 aliphatic carbocycles. The summed E-state index contributed by atoms with van der Waals surface area (Å²) in [7, 11) is 1.70. The predicted molar refractivity (Wildman–Crippen MR) is 115 cm³/mol. The second-order valence-electron chi connectivity index (χ2n) is 6.34. The van der Waals surface area contributed by atoms with Gasteiger partial charge in [0.15, 0.2) is 0 Å². The molecule has 0 amide bonds. The van der Waals surface area contributed by atoms with E-state index in [1.54, 1.807) is 7.11 Å². The molecule has 4 rings (SSSR count). The van der Waals surface area contributed by atoms with Crippen molar-refractivity contribution >= 4 is 38.9 Å². The topological polar surface area (TPSA) is 24.8 Å². The van der Waals surface area contributed by atoms with Crippen LogP contribution in [0.2, 0.25) is 5.02 Å². The SMILES string of the molecule is COc1ccccc1[C@H]1CC(c2ccc(Br)cc2)=NN1c1cccc(Cl)c1. The summed E-state index contributed by atoms with van der Waals surface area (Å²) in [6.07, 6.45) is 0.786. The lowest BCUT2D eigenvalue weighted by Crippen LogP contribution is -2.19. The molecular formula is C22H18BrClN2O. The van der Waals surface area contributed by atoms with Gasteiger partial charge in [0.05, 0.1) is 24.6 Å². The van der Waals surface area contributed by atoms with Gasteiger partial charge >= 0.3 is 0 Å². The van der Waals surface area contributed by atoms with E-state index in [0.717, 1.165) is 39.2 Å². The third-order valence-electron chi connectivity index (χ3n) is 4.66. The Morgan fingerprint density at radius 2 is 1.81 bits per heavy atom. The summed E-state index contributed by atoms with van der Waals surface area (Å²) in [6, 6.07) is 24.2. The van der Waals surface area contributed by atoms with Gasteiger partial charge in [-0.2, -0.15) is 5.10 Å². The van der Waals surface area contributed by atoms with Crippen molar-refractivity contribution in [2.45, 2.75) is 12.5 Å². The average Bonchev–Trinajstić information content (AvgIpc) is 3.14. The molecule has 1 aliphatic rings. The summed E-state index contributed by atoms with van der Waals surface area (Å²) < 4.78 is 6.67. The first-order chi connectivity index (χ1) is 13.2. The van der Waals surface area contributed by atoms with E-state index >= 15 is 0 Å². The minimum atomic E-state index is 0.0401. The fourth-order valence-electron chi connectivity index (χ4n) is 3.37. The van der Waals surface area contributed by atoms with Gasteiger partial charge in [-0.25, -0.2) is 0 Å². The van der Waals surface area contributed by atoms with Gasteiger partial charge in [0.25, 0.3) is 0 Å². The first kappa shape index (κ1) is 18.1. The third kappa shape index (κ3) is 3.73. The lowest BCUT2D eigenvalue weighted by atomic mass is 9.97. The van der Waals surface area contributed by atoms with Crippen LogP contribution in [-0.2, 0) is 0 Å². The molecule has 27 heavy (non-hydrogen) atoms. The average molecular weight is 442 g/mol. The van der Waals surface area contributed by atoms with Crippen molar-refractivity contribution in [3.05, 3.63) is 93.4 Å². The Balaban J connectivity index is 1.79. The van der Waals surface area contributed by atoms with Crippen LogP contribution < -0.4 is 9.75 Å². The molecule has 1 aliphatic heterocycles. The number of para-hydroxylation sites is 1. The number of hydrogen-bond acceptors (Lipinski definition) is 3. The molecule has 1 atom stereocenters. The van der Waals surface area contributed by atoms with Crippen molar-refractivity contribution in [3.8, 4) is 5.75 Å². The number of nitrogens with zero attached hydrogens (tertiary/aromatic N) is 2. The molecule has 3 aromatic rings. The van der Waals surface area contributed by atoms with E-state index in [-0.39, 0.29) is 6.04 Å². The monoisotopic (exact) mass is 440 g/mol. The zero-order chi connectivity index (χ0) is 18.8. The highest BCUT2D eigenvalue weighted by molar-refractivity contribution is 9.10. The maximum absolute atomic E-state index is 6.24. The number of benzene rings is 3. The molecule has 0 saturated carbocycles. The lowest BCUT2D eigenvalue weighted by Gasteiger charge is -2.25. The smallest absolute Gasteiger partial charge is 0.124 e. The van der Waals surface area contributed by atoms with Crippen molar-refractivity contribution < 1.29 is 4.74 Å². The summed E-state index contributed by atoms with van der Waals surface area (Å²) in [5.74, 6) is 0.863. The number of halogens is 2. The molecule has 0 aromatic heterocycles. The van der Waals surface area contributed by atoms with Crippen molar-refractivity contribution in [2.24, 2.45) is 5.10 Å². The molecule has 0 fully saturated rings. The van der Waals surface area contributed by atoms with Crippen LogP contribution in [0.15, 0.2) is 82.4 Å². The first-order valence-electron chi connectivity index (χ1n) is 8.67. The number of methoxy groups -OCH3 is 1. The van der Waals surface area contributed by atoms with Gasteiger partial charge < -0.3 is 4.74 Å². The Morgan fingerprint density at radius 1 is 1.04 bits per heavy atom. The highest BCUT2D eigenvalue weighted by Crippen LogP contribution is 2.40. The summed E-state index contributed by atoms with van der Waals surface area (Å²) in [4.78, 5) is 0. The molecular weight excluding hydrogens is 424 g/mol. The largest absolute Gasteiger partial charge is 0.496 e. The van der Waals surface area contributed by atoms with Crippen molar-refractivity contribution in [3.63, 3.8) is 0 Å². The molecule has 5 heteroatoms. The van der Waals surface area contributed by atoms with Gasteiger partial charge in [0.1, 0.15) is 5.75 Å². The zero-order valence-corrected chi connectivity index (χ0v) is 17.1. The van der Waals surface area contributed by atoms with E-state index in [2.05, 4.69) is 34.1 Å². The highest BCUT2D eigenvalue weighted by Gasteiger charge is 2.31. The summed E-state index contributed by atoms with van der Waals surface area (Å²) in [6.45, 7) is 0. The molecule has 136 valence electrons. The molecule has 0 unspecified atom stereocenters. The van der Waals surface area contributed by atoms with Crippen LogP contribution in [0, 0.1) is 0 Å². The molecule has 3 nitrogen and oxygen atoms in total. The van der Waals surface area contributed by atoms with E-state index in [1.165, 1.54) is 0 Å². The second kappa shape index (κ2) is 7.75. The summed E-state index contributed by atoms with van der Waals surface area (Å²) in [5.41, 5.74) is 4.22. The molecule has 0 spiro atoms. The van der Waals surface area contributed by atoms with Gasteiger partial charge in [0, 0.05) is 21.5 Å². The second-order valence-corrected chi connectivity index (χ2v) is 7.69. The number of hydrogen-bond donors (Lipinski definition) is 0. The van der Waals surface area contributed by atoms with Crippen LogP contribution >= 0.6 is 27.5 Å². The maximum Gasteiger partial charge on any atom is 0.124 e. The van der Waals surface area contributed by atoms with Gasteiger partial charge in [0.2, 0.25) is 0 Å². The van der Waals surface area contributed by atoms with E-state index < -0.39 is 0 Å². The van der Waals surface area contributed by atoms with E-state index in [4.69, 9.17) is 21.4 Å². The van der Waals surface area contributed by atoms with Gasteiger partial charge in [-0.3, -0.25) is 5.01 Å². The van der Waals surface area contributed by atoms with Gasteiger partial charge in [-0.15, -0.1) is 0 Å². The molecule has 0 saturated heterocycles. The van der Waals surface area contributed by atoms with Crippen molar-refractivity contribution in [1.29, 1.82) is 0 Å². The zero-order valence-electron chi connectivity index (χ0n) is 14.8. The van der Waals surface area contributed by atoms with E-state index in [9.17, 15) is 0 Å². The van der Waals surface area contributed by atoms with Crippen LogP contribution in [0.4, 0.5) is 5.69 Å². The maximum atomic E-state index is 6.24. The van der Waals surface area contributed by atoms with Gasteiger partial charge in [-0.1, -0.05) is 63.9 Å². The molecule has 0 bridgehead atoms. The minimum absolute atomic E-state index is 0.0401. The Hall–Kier alpha value is -2.30. The quantitative estimate of drug-likeness (QED) is 0.464. The number of hydrazone groups is 1. The summed E-state index contributed by atoms with van der Waals surface area (Å²) in [5, 5.41) is 7.69. The third-order valence-corrected chi connectivity index (χ3v) is 5.42. The first-order valence-corrected chi connectivity index (χ1v) is 9.84. The minimum Gasteiger partial charge on any atom is -0.496 e. The fraction of sp³-hybridized carbons (Fsp3) is 0.136. The predicted octanol–water partition coefficient (Wildman–Crippen LogP) is 6.47. The van der Waals surface area contributed by atoms with Crippen LogP contribution in [0.25, 0.3) is 0 Å². The lowest BCUT2D eigenvalue weighted by molar-refractivity contribution is 0.405. The number of anilines is 1. The Kier molecular flexibility index (Phi) is 5.19. The van der Waals surface area contributed by atoms with Crippen LogP contribution in [-0.4, -0.2) is 12.8 Å². The normalized spacial score (nSPS) is 16.3. The summed E-state index contributed by atoms with van der Waals surface area (Å²) >= 11 is 9.74. The van der Waals surface area contributed by atoms with Crippen LogP contribution in [0.1, 0.15) is 23.6 Å². The van der Waals surface area contributed by atoms with Crippen LogP contribution in [0.3, 0.4) is 0 Å². The number of ether oxygens (including phenoxy) is 1. The Labute approximate surface area is 172 Å². The highest BCUT2D eigenvalue weighted by atomic mass is 79.9. The molecule has 0 radical (unpaired) electrons.